The highest BCUT2D eigenvalue weighted by Crippen LogP contribution is 2.54. The predicted molar refractivity (Wildman–Crippen MR) is 296 cm³/mol. The summed E-state index contributed by atoms with van der Waals surface area (Å²) in [5.74, 6) is 0. The summed E-state index contributed by atoms with van der Waals surface area (Å²) < 4.78 is 7.60. The van der Waals surface area contributed by atoms with Gasteiger partial charge in [-0.05, 0) is 90.0 Å². The van der Waals surface area contributed by atoms with E-state index in [1.54, 1.807) is 0 Å². The molecule has 0 fully saturated rings. The third-order valence-electron chi connectivity index (χ3n) is 15.9. The third kappa shape index (κ3) is 4.73. The number of benzene rings is 10. The molecule has 0 atom stereocenters. The van der Waals surface area contributed by atoms with E-state index < -0.39 is 0 Å². The Bertz CT molecular complexity index is 4520. The van der Waals surface area contributed by atoms with Gasteiger partial charge in [0.1, 0.15) is 0 Å². The quantitative estimate of drug-likeness (QED) is 0.168. The van der Waals surface area contributed by atoms with Crippen molar-refractivity contribution < 1.29 is 0 Å². The Hall–Kier alpha value is -9.18. The molecule has 0 spiro atoms. The molecule has 3 nitrogen and oxygen atoms in total. The van der Waals surface area contributed by atoms with Gasteiger partial charge in [0.25, 0.3) is 0 Å². The van der Waals surface area contributed by atoms with Gasteiger partial charge in [0.05, 0.1) is 33.1 Å². The maximum atomic E-state index is 4.75. The van der Waals surface area contributed by atoms with E-state index in [0.717, 1.165) is 5.57 Å². The van der Waals surface area contributed by atoms with Crippen LogP contribution in [0.4, 0.5) is 0 Å². The lowest BCUT2D eigenvalue weighted by Crippen LogP contribution is -1.95. The Balaban J connectivity index is 1.12. The highest BCUT2D eigenvalue weighted by Gasteiger charge is 2.32. The van der Waals surface area contributed by atoms with Crippen LogP contribution in [0, 0.1) is 0 Å². The van der Waals surface area contributed by atoms with Gasteiger partial charge in [0.2, 0.25) is 0 Å². The highest BCUT2D eigenvalue weighted by molar-refractivity contribution is 6.41. The molecule has 0 radical (unpaired) electrons. The number of fused-ring (bicyclic) bond motifs is 21. The average molecular weight is 888 g/mol. The summed E-state index contributed by atoms with van der Waals surface area (Å²) >= 11 is 0. The van der Waals surface area contributed by atoms with Gasteiger partial charge in [-0.2, -0.15) is 0 Å². The number of aromatic nitrogens is 3. The van der Waals surface area contributed by atoms with Gasteiger partial charge < -0.3 is 13.7 Å². The zero-order chi connectivity index (χ0) is 45.9. The van der Waals surface area contributed by atoms with Crippen molar-refractivity contribution in [1.82, 2.24) is 13.7 Å². The molecule has 0 saturated carbocycles. The lowest BCUT2D eigenvalue weighted by molar-refractivity contribution is 1.02. The molecule has 0 amide bonds. The molecule has 70 heavy (non-hydrogen) atoms. The Morgan fingerprint density at radius 3 is 1.13 bits per heavy atom. The van der Waals surface area contributed by atoms with Crippen LogP contribution in [-0.4, -0.2) is 13.7 Å². The van der Waals surface area contributed by atoms with Crippen molar-refractivity contribution >= 4 is 94.5 Å². The molecule has 3 heteroatoms. The standard InChI is InChI=1S/C67H41N3/c1-39-40-19-3-4-20-41(40)50-31-17-32-51(60(39)50)52-33-18-34-55-63-65(68(2)64(52)55)61-53-29-13-15-35-58(53)69(37-56-46-25-9-5-21-42(46)43-22-6-10-26-47(43)56)66(61)62-54-30-14-16-36-59(54)70(67(62)63)38-57-48-27-11-7-23-44(48)45-24-8-12-28-49(45)57/h3-38H,1H2,2H3. The molecule has 10 aromatic carbocycles. The van der Waals surface area contributed by atoms with E-state index in [4.69, 9.17) is 6.58 Å². The van der Waals surface area contributed by atoms with Crippen molar-refractivity contribution in [2.75, 3.05) is 0 Å². The minimum absolute atomic E-state index is 1.08. The van der Waals surface area contributed by atoms with Crippen LogP contribution >= 0.6 is 0 Å². The normalized spacial score (nSPS) is 13.2. The molecule has 0 saturated heterocycles. The van der Waals surface area contributed by atoms with E-state index in [9.17, 15) is 0 Å². The summed E-state index contributed by atoms with van der Waals surface area (Å²) in [5.41, 5.74) is 28.1. The van der Waals surface area contributed by atoms with Crippen LogP contribution in [0.15, 0.2) is 213 Å². The monoisotopic (exact) mass is 887 g/mol. The van der Waals surface area contributed by atoms with E-state index in [2.05, 4.69) is 239 Å². The number of hydrogen-bond acceptors (Lipinski definition) is 0. The molecule has 3 aromatic heterocycles. The Morgan fingerprint density at radius 2 is 0.629 bits per heavy atom. The number of para-hydroxylation sites is 3. The maximum Gasteiger partial charge on any atom is 0.0656 e. The van der Waals surface area contributed by atoms with Crippen LogP contribution in [-0.2, 0) is 7.05 Å². The molecule has 16 rings (SSSR count). The fraction of sp³-hybridized carbons (Fsp3) is 0.0149. The first-order chi connectivity index (χ1) is 34.6. The van der Waals surface area contributed by atoms with Gasteiger partial charge in [-0.25, -0.2) is 0 Å². The maximum absolute atomic E-state index is 4.75. The lowest BCUT2D eigenvalue weighted by Gasteiger charge is -2.13. The summed E-state index contributed by atoms with van der Waals surface area (Å²) in [6, 6.07) is 76.2. The topological polar surface area (TPSA) is 14.8 Å². The van der Waals surface area contributed by atoms with Crippen LogP contribution in [0.25, 0.3) is 139 Å². The molecule has 0 N–H and O–H groups in total. The summed E-state index contributed by atoms with van der Waals surface area (Å²) in [7, 11) is 2.30. The zero-order valence-corrected chi connectivity index (χ0v) is 38.3. The van der Waals surface area contributed by atoms with Crippen LogP contribution in [0.3, 0.4) is 0 Å². The van der Waals surface area contributed by atoms with Gasteiger partial charge in [-0.1, -0.05) is 201 Å². The second-order valence-electron chi connectivity index (χ2n) is 19.2. The second kappa shape index (κ2) is 13.7. The van der Waals surface area contributed by atoms with Gasteiger partial charge in [-0.15, -0.1) is 0 Å². The molecule has 3 aliphatic rings. The molecular weight excluding hydrogens is 847 g/mol. The molecule has 0 unspecified atom stereocenters. The number of aryl methyl sites for hydroxylation is 1. The summed E-state index contributed by atoms with van der Waals surface area (Å²) in [5, 5.41) is 7.41. The summed E-state index contributed by atoms with van der Waals surface area (Å²) in [6.45, 7) is 4.75. The van der Waals surface area contributed by atoms with Crippen LogP contribution in [0.2, 0.25) is 0 Å². The van der Waals surface area contributed by atoms with Crippen molar-refractivity contribution in [2.45, 2.75) is 0 Å². The SMILES string of the molecule is C=C1c2ccccc2-c2cccc(-c3cccc4c5c(c6c7ccccc7n(C=C7c8ccccc8-c8ccccc87)c6c6c7ccccc7n(C=C7c8ccccc8-c8ccccc87)c56)n(C)c34)c21. The molecule has 3 aliphatic carbocycles. The van der Waals surface area contributed by atoms with E-state index in [1.807, 2.05) is 0 Å². The van der Waals surface area contributed by atoms with Crippen molar-refractivity contribution in [3.8, 4) is 44.5 Å². The average Bonchev–Trinajstić information content (AvgIpc) is 4.24. The Kier molecular flexibility index (Phi) is 7.42. The number of nitrogens with zero attached hydrogens (tertiary/aromatic N) is 3. The van der Waals surface area contributed by atoms with Crippen molar-refractivity contribution in [3.63, 3.8) is 0 Å². The first-order valence-corrected chi connectivity index (χ1v) is 24.3. The smallest absolute Gasteiger partial charge is 0.0656 e. The molecule has 0 bridgehead atoms. The summed E-state index contributed by atoms with van der Waals surface area (Å²) in [6.07, 6.45) is 4.89. The van der Waals surface area contributed by atoms with Crippen LogP contribution < -0.4 is 0 Å². The van der Waals surface area contributed by atoms with Crippen molar-refractivity contribution in [1.29, 1.82) is 0 Å². The van der Waals surface area contributed by atoms with Crippen molar-refractivity contribution in [3.05, 3.63) is 246 Å². The molecule has 3 heterocycles. The fourth-order valence-electron chi connectivity index (χ4n) is 13.1. The lowest BCUT2D eigenvalue weighted by atomic mass is 9.92. The molecule has 13 aromatic rings. The second-order valence-corrected chi connectivity index (χ2v) is 19.2. The fourth-order valence-corrected chi connectivity index (χ4v) is 13.1. The Morgan fingerprint density at radius 1 is 0.300 bits per heavy atom. The van der Waals surface area contributed by atoms with E-state index in [1.165, 1.54) is 154 Å². The minimum Gasteiger partial charge on any atom is -0.342 e. The number of hydrogen-bond donors (Lipinski definition) is 0. The van der Waals surface area contributed by atoms with Crippen molar-refractivity contribution in [2.24, 2.45) is 7.05 Å². The van der Waals surface area contributed by atoms with Gasteiger partial charge >= 0.3 is 0 Å². The predicted octanol–water partition coefficient (Wildman–Crippen LogP) is 17.3. The first-order valence-electron chi connectivity index (χ1n) is 24.3. The highest BCUT2D eigenvalue weighted by atomic mass is 15.0. The van der Waals surface area contributed by atoms with E-state index in [-0.39, 0.29) is 0 Å². The number of rotatable bonds is 3. The largest absolute Gasteiger partial charge is 0.342 e. The van der Waals surface area contributed by atoms with E-state index >= 15 is 0 Å². The zero-order valence-electron chi connectivity index (χ0n) is 38.3. The minimum atomic E-state index is 1.08. The van der Waals surface area contributed by atoms with E-state index in [0.29, 0.717) is 0 Å². The molecular formula is C67H41N3. The summed E-state index contributed by atoms with van der Waals surface area (Å²) in [4.78, 5) is 0. The van der Waals surface area contributed by atoms with Crippen LogP contribution in [0.5, 0.6) is 0 Å². The van der Waals surface area contributed by atoms with Crippen LogP contribution in [0.1, 0.15) is 33.4 Å². The first kappa shape index (κ1) is 37.9. The van der Waals surface area contributed by atoms with Gasteiger partial charge in [-0.3, -0.25) is 0 Å². The molecule has 0 aliphatic heterocycles. The molecule has 324 valence electrons. The Labute approximate surface area is 404 Å². The third-order valence-corrected chi connectivity index (χ3v) is 15.9. The van der Waals surface area contributed by atoms with Gasteiger partial charge in [0.15, 0.2) is 0 Å². The van der Waals surface area contributed by atoms with Gasteiger partial charge in [0, 0.05) is 68.5 Å².